The molecule has 0 spiro atoms. The summed E-state index contributed by atoms with van der Waals surface area (Å²) in [6, 6.07) is 12.5. The van der Waals surface area contributed by atoms with Crippen LogP contribution in [0, 0.1) is 6.92 Å². The lowest BCUT2D eigenvalue weighted by atomic mass is 10.0. The molecule has 1 aromatic carbocycles. The van der Waals surface area contributed by atoms with Crippen molar-refractivity contribution in [2.24, 2.45) is 0 Å². The molecule has 1 amide bonds. The van der Waals surface area contributed by atoms with Gasteiger partial charge in [0.15, 0.2) is 0 Å². The molecule has 1 saturated carbocycles. The molecule has 4 nitrogen and oxygen atoms in total. The van der Waals surface area contributed by atoms with Crippen molar-refractivity contribution in [2.75, 3.05) is 7.05 Å². The molecule has 2 aromatic heterocycles. The van der Waals surface area contributed by atoms with Gasteiger partial charge in [0.1, 0.15) is 5.69 Å². The quantitative estimate of drug-likeness (QED) is 0.713. The molecular formula is C21H21N3O. The summed E-state index contributed by atoms with van der Waals surface area (Å²) >= 11 is 0. The standard InChI is InChI=1S/C21H21N3O/c1-4-24-17-6-5-13-22-19(17)18(15-9-7-14(2)8-10-15)20(24)21(25)23(3)16-11-12-16/h4-10,13,16H,1,11-12H2,2-3H3. The largest absolute Gasteiger partial charge is 0.337 e. The average molecular weight is 331 g/mol. The van der Waals surface area contributed by atoms with E-state index in [0.29, 0.717) is 11.7 Å². The number of carbonyl (C=O) groups excluding carboxylic acids is 1. The second-order valence-corrected chi connectivity index (χ2v) is 6.66. The molecule has 0 aliphatic heterocycles. The predicted molar refractivity (Wildman–Crippen MR) is 101 cm³/mol. The molecule has 4 rings (SSSR count). The van der Waals surface area contributed by atoms with Gasteiger partial charge in [0.2, 0.25) is 0 Å². The molecule has 0 unspecified atom stereocenters. The van der Waals surface area contributed by atoms with Gasteiger partial charge < -0.3 is 9.47 Å². The van der Waals surface area contributed by atoms with Crippen molar-refractivity contribution in [1.29, 1.82) is 0 Å². The molecular weight excluding hydrogens is 310 g/mol. The van der Waals surface area contributed by atoms with Crippen molar-refractivity contribution in [3.63, 3.8) is 0 Å². The van der Waals surface area contributed by atoms with Crippen LogP contribution in [0.4, 0.5) is 0 Å². The maximum atomic E-state index is 13.3. The van der Waals surface area contributed by atoms with Crippen LogP contribution in [0.5, 0.6) is 0 Å². The minimum Gasteiger partial charge on any atom is -0.337 e. The smallest absolute Gasteiger partial charge is 0.271 e. The van der Waals surface area contributed by atoms with E-state index in [1.165, 1.54) is 5.56 Å². The van der Waals surface area contributed by atoms with Crippen molar-refractivity contribution in [2.45, 2.75) is 25.8 Å². The monoisotopic (exact) mass is 331 g/mol. The summed E-state index contributed by atoms with van der Waals surface area (Å²) in [4.78, 5) is 19.7. The van der Waals surface area contributed by atoms with Crippen LogP contribution >= 0.6 is 0 Å². The Balaban J connectivity index is 2.01. The molecule has 0 bridgehead atoms. The van der Waals surface area contributed by atoms with Gasteiger partial charge in [-0.3, -0.25) is 9.78 Å². The van der Waals surface area contributed by atoms with Gasteiger partial charge in [0, 0.05) is 31.0 Å². The number of aryl methyl sites for hydroxylation is 1. The van der Waals surface area contributed by atoms with Gasteiger partial charge in [-0.15, -0.1) is 0 Å². The number of amides is 1. The fourth-order valence-electron chi connectivity index (χ4n) is 3.32. The molecule has 4 heteroatoms. The Labute approximate surface area is 147 Å². The minimum absolute atomic E-state index is 0.0241. The van der Waals surface area contributed by atoms with Crippen LogP contribution in [0.1, 0.15) is 28.9 Å². The molecule has 0 N–H and O–H groups in total. The molecule has 2 heterocycles. The van der Waals surface area contributed by atoms with Gasteiger partial charge in [0.05, 0.1) is 11.0 Å². The number of hydrogen-bond acceptors (Lipinski definition) is 2. The molecule has 0 atom stereocenters. The van der Waals surface area contributed by atoms with Crippen LogP contribution in [-0.2, 0) is 0 Å². The first-order chi connectivity index (χ1) is 12.1. The van der Waals surface area contributed by atoms with Crippen LogP contribution in [-0.4, -0.2) is 33.4 Å². The summed E-state index contributed by atoms with van der Waals surface area (Å²) in [6.45, 7) is 5.99. The lowest BCUT2D eigenvalue weighted by Crippen LogP contribution is -2.30. The van der Waals surface area contributed by atoms with E-state index in [1.807, 2.05) is 28.6 Å². The molecule has 0 saturated heterocycles. The van der Waals surface area contributed by atoms with E-state index in [1.54, 1.807) is 12.4 Å². The van der Waals surface area contributed by atoms with Crippen LogP contribution < -0.4 is 0 Å². The summed E-state index contributed by atoms with van der Waals surface area (Å²) in [6.07, 6.45) is 5.63. The number of nitrogens with zero attached hydrogens (tertiary/aromatic N) is 3. The zero-order valence-corrected chi connectivity index (χ0v) is 14.6. The van der Waals surface area contributed by atoms with Gasteiger partial charge in [-0.2, -0.15) is 0 Å². The first-order valence-electron chi connectivity index (χ1n) is 8.57. The SMILES string of the molecule is C=Cn1c(C(=O)N(C)C2CC2)c(-c2ccc(C)cc2)c2ncccc21. The maximum Gasteiger partial charge on any atom is 0.271 e. The lowest BCUT2D eigenvalue weighted by molar-refractivity contribution is 0.0779. The predicted octanol–water partition coefficient (Wildman–Crippen LogP) is 4.35. The summed E-state index contributed by atoms with van der Waals surface area (Å²) < 4.78 is 1.87. The third kappa shape index (κ3) is 2.54. The molecule has 1 aliphatic carbocycles. The van der Waals surface area contributed by atoms with E-state index in [0.717, 1.165) is 35.0 Å². The molecule has 25 heavy (non-hydrogen) atoms. The molecule has 1 aliphatic rings. The summed E-state index contributed by atoms with van der Waals surface area (Å²) in [5.41, 5.74) is 5.45. The van der Waals surface area contributed by atoms with Crippen molar-refractivity contribution in [1.82, 2.24) is 14.5 Å². The van der Waals surface area contributed by atoms with E-state index in [4.69, 9.17) is 0 Å². The van der Waals surface area contributed by atoms with Crippen molar-refractivity contribution < 1.29 is 4.79 Å². The Morgan fingerprint density at radius 2 is 2.00 bits per heavy atom. The topological polar surface area (TPSA) is 38.1 Å². The van der Waals surface area contributed by atoms with Gasteiger partial charge in [-0.05, 0) is 37.5 Å². The van der Waals surface area contributed by atoms with Crippen LogP contribution in [0.2, 0.25) is 0 Å². The number of pyridine rings is 1. The first kappa shape index (κ1) is 15.6. The van der Waals surface area contributed by atoms with Gasteiger partial charge in [-0.25, -0.2) is 0 Å². The van der Waals surface area contributed by atoms with E-state index in [-0.39, 0.29) is 5.91 Å². The zero-order valence-electron chi connectivity index (χ0n) is 14.6. The summed E-state index contributed by atoms with van der Waals surface area (Å²) in [5.74, 6) is 0.0241. The van der Waals surface area contributed by atoms with Crippen LogP contribution in [0.25, 0.3) is 28.4 Å². The number of carbonyl (C=O) groups is 1. The summed E-state index contributed by atoms with van der Waals surface area (Å²) in [5, 5.41) is 0. The van der Waals surface area contributed by atoms with Gasteiger partial charge in [-0.1, -0.05) is 36.4 Å². The van der Waals surface area contributed by atoms with Crippen LogP contribution in [0.15, 0.2) is 49.2 Å². The third-order valence-electron chi connectivity index (χ3n) is 4.90. The second kappa shape index (κ2) is 5.88. The van der Waals surface area contributed by atoms with Crippen molar-refractivity contribution in [3.05, 3.63) is 60.4 Å². The van der Waals surface area contributed by atoms with E-state index >= 15 is 0 Å². The van der Waals surface area contributed by atoms with Gasteiger partial charge >= 0.3 is 0 Å². The second-order valence-electron chi connectivity index (χ2n) is 6.66. The fourth-order valence-corrected chi connectivity index (χ4v) is 3.32. The average Bonchev–Trinajstić information content (AvgIpc) is 3.43. The zero-order chi connectivity index (χ0) is 17.6. The molecule has 3 aromatic rings. The number of aromatic nitrogens is 2. The Bertz CT molecular complexity index is 965. The highest BCUT2D eigenvalue weighted by Gasteiger charge is 2.33. The Kier molecular flexibility index (Phi) is 3.68. The number of fused-ring (bicyclic) bond motifs is 1. The lowest BCUT2D eigenvalue weighted by Gasteiger charge is -2.18. The molecule has 0 radical (unpaired) electrons. The Morgan fingerprint density at radius 1 is 1.28 bits per heavy atom. The van der Waals surface area contributed by atoms with Gasteiger partial charge in [0.25, 0.3) is 5.91 Å². The summed E-state index contributed by atoms with van der Waals surface area (Å²) in [7, 11) is 1.89. The normalized spacial score (nSPS) is 13.8. The first-order valence-corrected chi connectivity index (χ1v) is 8.57. The highest BCUT2D eigenvalue weighted by atomic mass is 16.2. The molecule has 1 fully saturated rings. The fraction of sp³-hybridized carbons (Fsp3) is 0.238. The minimum atomic E-state index is 0.0241. The third-order valence-corrected chi connectivity index (χ3v) is 4.90. The van der Waals surface area contributed by atoms with E-state index in [2.05, 4.69) is 42.8 Å². The highest BCUT2D eigenvalue weighted by Crippen LogP contribution is 2.36. The number of hydrogen-bond donors (Lipinski definition) is 0. The maximum absolute atomic E-state index is 13.3. The highest BCUT2D eigenvalue weighted by molar-refractivity contribution is 6.10. The van der Waals surface area contributed by atoms with Crippen molar-refractivity contribution in [3.8, 4) is 11.1 Å². The molecule has 126 valence electrons. The van der Waals surface area contributed by atoms with E-state index < -0.39 is 0 Å². The van der Waals surface area contributed by atoms with E-state index in [9.17, 15) is 4.79 Å². The Morgan fingerprint density at radius 3 is 2.64 bits per heavy atom. The van der Waals surface area contributed by atoms with Crippen molar-refractivity contribution >= 4 is 23.1 Å². The van der Waals surface area contributed by atoms with Crippen LogP contribution in [0.3, 0.4) is 0 Å². The number of benzene rings is 1. The number of rotatable bonds is 4. The Hall–Kier alpha value is -2.88.